The van der Waals surface area contributed by atoms with E-state index in [-0.39, 0.29) is 23.1 Å². The minimum Gasteiger partial charge on any atom is -0.323 e. The van der Waals surface area contributed by atoms with Crippen molar-refractivity contribution in [3.63, 3.8) is 0 Å². The molecule has 1 aromatic rings. The first-order valence-electron chi connectivity index (χ1n) is 5.79. The quantitative estimate of drug-likeness (QED) is 0.832. The van der Waals surface area contributed by atoms with E-state index in [1.807, 2.05) is 13.8 Å². The van der Waals surface area contributed by atoms with Gasteiger partial charge >= 0.3 is 0 Å². The molecule has 3 nitrogen and oxygen atoms in total. The largest absolute Gasteiger partial charge is 0.323 e. The van der Waals surface area contributed by atoms with E-state index in [1.54, 1.807) is 0 Å². The van der Waals surface area contributed by atoms with Gasteiger partial charge in [0.1, 0.15) is 5.82 Å². The van der Waals surface area contributed by atoms with E-state index in [0.29, 0.717) is 12.8 Å². The first-order chi connectivity index (χ1) is 8.49. The van der Waals surface area contributed by atoms with Gasteiger partial charge in [0.15, 0.2) is 0 Å². The lowest BCUT2D eigenvalue weighted by molar-refractivity contribution is -0.120. The van der Waals surface area contributed by atoms with Crippen LogP contribution in [-0.4, -0.2) is 11.1 Å². The highest BCUT2D eigenvalue weighted by Crippen LogP contribution is 2.19. The topological polar surface area (TPSA) is 46.2 Å². The fourth-order valence-corrected chi connectivity index (χ4v) is 1.75. The van der Waals surface area contributed by atoms with Gasteiger partial charge in [-0.25, -0.2) is 4.39 Å². The minimum absolute atomic E-state index is 0.0635. The molecule has 0 aliphatic carbocycles. The highest BCUT2D eigenvalue weighted by atomic mass is 35.5. The summed E-state index contributed by atoms with van der Waals surface area (Å²) >= 11 is 5.24. The summed E-state index contributed by atoms with van der Waals surface area (Å²) in [5, 5.41) is 1.78. The molecule has 0 heterocycles. The van der Waals surface area contributed by atoms with Crippen molar-refractivity contribution in [2.45, 2.75) is 26.7 Å². The predicted molar refractivity (Wildman–Crippen MR) is 69.3 cm³/mol. The van der Waals surface area contributed by atoms with E-state index in [0.717, 1.165) is 6.07 Å². The van der Waals surface area contributed by atoms with Crippen LogP contribution in [0.25, 0.3) is 0 Å². The fraction of sp³-hybridized carbons (Fsp3) is 0.385. The molecule has 1 amide bonds. The van der Waals surface area contributed by atoms with Crippen LogP contribution in [0, 0.1) is 11.7 Å². The third-order valence-electron chi connectivity index (χ3n) is 2.81. The molecule has 0 radical (unpaired) electrons. The summed E-state index contributed by atoms with van der Waals surface area (Å²) in [6.45, 7) is 3.80. The van der Waals surface area contributed by atoms with E-state index in [1.165, 1.54) is 12.1 Å². The Hall–Kier alpha value is -1.42. The van der Waals surface area contributed by atoms with E-state index in [4.69, 9.17) is 11.6 Å². The van der Waals surface area contributed by atoms with Gasteiger partial charge in [-0.1, -0.05) is 13.8 Å². The molecule has 0 fully saturated rings. The first kappa shape index (κ1) is 14.6. The summed E-state index contributed by atoms with van der Waals surface area (Å²) in [5.74, 6) is -1.02. The molecule has 0 unspecified atom stereocenters. The summed E-state index contributed by atoms with van der Waals surface area (Å²) in [6.07, 6.45) is 1.39. The lowest BCUT2D eigenvalue weighted by Crippen LogP contribution is -2.22. The van der Waals surface area contributed by atoms with Gasteiger partial charge in [0.2, 0.25) is 5.91 Å². The Kier molecular flexibility index (Phi) is 5.28. The first-order valence-corrected chi connectivity index (χ1v) is 6.17. The molecule has 0 saturated carbocycles. The fourth-order valence-electron chi connectivity index (χ4n) is 1.63. The second-order valence-electron chi connectivity index (χ2n) is 3.97. The average molecular weight is 272 g/mol. The Morgan fingerprint density at radius 1 is 1.33 bits per heavy atom. The zero-order chi connectivity index (χ0) is 13.7. The van der Waals surface area contributed by atoms with Crippen molar-refractivity contribution in [1.82, 2.24) is 0 Å². The van der Waals surface area contributed by atoms with Crippen molar-refractivity contribution in [3.8, 4) is 0 Å². The van der Waals surface area contributed by atoms with Gasteiger partial charge in [-0.2, -0.15) is 0 Å². The molecular weight excluding hydrogens is 257 g/mol. The number of carbonyl (C=O) groups excluding carboxylic acids is 2. The van der Waals surface area contributed by atoms with Crippen molar-refractivity contribution < 1.29 is 14.0 Å². The van der Waals surface area contributed by atoms with Crippen LogP contribution in [-0.2, 0) is 4.79 Å². The minimum atomic E-state index is -0.730. The maximum absolute atomic E-state index is 13.6. The molecule has 0 bridgehead atoms. The number of carbonyl (C=O) groups is 2. The lowest BCUT2D eigenvalue weighted by atomic mass is 10.0. The van der Waals surface area contributed by atoms with Crippen LogP contribution in [0.15, 0.2) is 18.2 Å². The van der Waals surface area contributed by atoms with Crippen molar-refractivity contribution >= 4 is 28.4 Å². The van der Waals surface area contributed by atoms with Gasteiger partial charge in [0, 0.05) is 11.5 Å². The molecule has 0 atom stereocenters. The van der Waals surface area contributed by atoms with Gasteiger partial charge in [0.25, 0.3) is 5.24 Å². The van der Waals surface area contributed by atoms with Gasteiger partial charge in [-0.15, -0.1) is 0 Å². The van der Waals surface area contributed by atoms with Crippen LogP contribution in [0.5, 0.6) is 0 Å². The van der Waals surface area contributed by atoms with Crippen molar-refractivity contribution in [3.05, 3.63) is 29.6 Å². The van der Waals surface area contributed by atoms with Crippen LogP contribution in [0.3, 0.4) is 0 Å². The zero-order valence-electron chi connectivity index (χ0n) is 10.3. The Bertz CT molecular complexity index is 458. The summed E-state index contributed by atoms with van der Waals surface area (Å²) < 4.78 is 13.6. The molecule has 1 N–H and O–H groups in total. The maximum Gasteiger partial charge on any atom is 0.252 e. The Morgan fingerprint density at radius 2 is 1.94 bits per heavy atom. The third kappa shape index (κ3) is 3.53. The number of halogens is 2. The summed E-state index contributed by atoms with van der Waals surface area (Å²) in [4.78, 5) is 22.6. The van der Waals surface area contributed by atoms with Crippen LogP contribution < -0.4 is 5.32 Å². The molecule has 18 heavy (non-hydrogen) atoms. The number of hydrogen-bond donors (Lipinski definition) is 1. The number of rotatable bonds is 5. The van der Waals surface area contributed by atoms with Gasteiger partial charge < -0.3 is 5.32 Å². The van der Waals surface area contributed by atoms with Gasteiger partial charge in [0.05, 0.1) is 5.69 Å². The molecule has 1 rings (SSSR count). The number of anilines is 1. The van der Waals surface area contributed by atoms with Gasteiger partial charge in [-0.05, 0) is 42.6 Å². The molecule has 1 aromatic carbocycles. The molecule has 0 aromatic heterocycles. The summed E-state index contributed by atoms with van der Waals surface area (Å²) in [5.41, 5.74) is 0.128. The van der Waals surface area contributed by atoms with Crippen molar-refractivity contribution in [2.75, 3.05) is 5.32 Å². The summed E-state index contributed by atoms with van der Waals surface area (Å²) in [6, 6.07) is 3.73. The van der Waals surface area contributed by atoms with Crippen LogP contribution >= 0.6 is 11.6 Å². The molecule has 0 saturated heterocycles. The van der Waals surface area contributed by atoms with Crippen LogP contribution in [0.4, 0.5) is 10.1 Å². The molecule has 5 heteroatoms. The summed E-state index contributed by atoms with van der Waals surface area (Å²) in [7, 11) is 0. The van der Waals surface area contributed by atoms with E-state index >= 15 is 0 Å². The third-order valence-corrected chi connectivity index (χ3v) is 3.03. The Labute approximate surface area is 110 Å². The Balaban J connectivity index is 2.86. The normalized spacial score (nSPS) is 10.5. The highest BCUT2D eigenvalue weighted by Gasteiger charge is 2.16. The highest BCUT2D eigenvalue weighted by molar-refractivity contribution is 6.67. The molecule has 0 aliphatic heterocycles. The molecular formula is C13H15ClFNO2. The van der Waals surface area contributed by atoms with Crippen molar-refractivity contribution in [2.24, 2.45) is 5.92 Å². The average Bonchev–Trinajstić information content (AvgIpc) is 2.33. The molecule has 0 spiro atoms. The smallest absolute Gasteiger partial charge is 0.252 e. The van der Waals surface area contributed by atoms with Crippen molar-refractivity contribution in [1.29, 1.82) is 0 Å². The second kappa shape index (κ2) is 6.50. The SMILES string of the molecule is CCC(CC)C(=O)Nc1ccc(C(=O)Cl)cc1F. The van der Waals surface area contributed by atoms with E-state index < -0.39 is 11.1 Å². The molecule has 0 aliphatic rings. The molecule has 98 valence electrons. The zero-order valence-corrected chi connectivity index (χ0v) is 11.1. The number of nitrogens with one attached hydrogen (secondary N) is 1. The second-order valence-corrected chi connectivity index (χ2v) is 4.31. The van der Waals surface area contributed by atoms with E-state index in [2.05, 4.69) is 5.32 Å². The van der Waals surface area contributed by atoms with Crippen LogP contribution in [0.2, 0.25) is 0 Å². The standard InChI is InChI=1S/C13H15ClFNO2/c1-3-8(4-2)13(18)16-11-6-5-9(12(14)17)7-10(11)15/h5-8H,3-4H2,1-2H3,(H,16,18). The lowest BCUT2D eigenvalue weighted by Gasteiger charge is -2.13. The number of amides is 1. The Morgan fingerprint density at radius 3 is 2.39 bits per heavy atom. The van der Waals surface area contributed by atoms with Gasteiger partial charge in [-0.3, -0.25) is 9.59 Å². The maximum atomic E-state index is 13.6. The predicted octanol–water partition coefficient (Wildman–Crippen LogP) is 3.58. The van der Waals surface area contributed by atoms with Crippen LogP contribution in [0.1, 0.15) is 37.0 Å². The number of hydrogen-bond acceptors (Lipinski definition) is 2. The number of benzene rings is 1. The van der Waals surface area contributed by atoms with E-state index in [9.17, 15) is 14.0 Å². The monoisotopic (exact) mass is 271 g/mol.